The van der Waals surface area contributed by atoms with Crippen molar-refractivity contribution in [3.8, 4) is 0 Å². The van der Waals surface area contributed by atoms with Crippen molar-refractivity contribution in [1.29, 1.82) is 0 Å². The zero-order valence-electron chi connectivity index (χ0n) is 14.2. The fraction of sp³-hybridized carbons (Fsp3) is 0.562. The van der Waals surface area contributed by atoms with E-state index in [9.17, 15) is 13.2 Å². The van der Waals surface area contributed by atoms with Gasteiger partial charge in [0.05, 0.1) is 0 Å². The van der Waals surface area contributed by atoms with Gasteiger partial charge in [0.2, 0.25) is 0 Å². The van der Waals surface area contributed by atoms with Crippen molar-refractivity contribution in [3.63, 3.8) is 0 Å². The van der Waals surface area contributed by atoms with Gasteiger partial charge in [0.1, 0.15) is 0 Å². The van der Waals surface area contributed by atoms with Crippen LogP contribution < -0.4 is 0 Å². The Morgan fingerprint density at radius 3 is 2.00 bits per heavy atom. The average molecular weight is 339 g/mol. The van der Waals surface area contributed by atoms with Crippen LogP contribution in [0.25, 0.3) is 0 Å². The molecule has 1 fully saturated rings. The molecule has 1 aliphatic rings. The van der Waals surface area contributed by atoms with E-state index in [1.54, 1.807) is 4.90 Å². The minimum Gasteiger partial charge on any atom is -0.336 e. The van der Waals surface area contributed by atoms with Gasteiger partial charge in [0.15, 0.2) is 0 Å². The third-order valence-corrected chi connectivity index (χ3v) is 6.08. The van der Waals surface area contributed by atoms with Crippen molar-refractivity contribution >= 4 is 16.1 Å². The molecular weight excluding hydrogens is 314 g/mol. The Bertz CT molecular complexity index is 646. The van der Waals surface area contributed by atoms with Gasteiger partial charge in [-0.15, -0.1) is 0 Å². The highest BCUT2D eigenvalue weighted by Crippen LogP contribution is 2.17. The normalized spacial score (nSPS) is 17.0. The molecule has 0 N–H and O–H groups in total. The van der Waals surface area contributed by atoms with Gasteiger partial charge in [0.25, 0.3) is 16.1 Å². The molecule has 2 rings (SSSR count). The molecule has 0 aliphatic carbocycles. The Labute approximate surface area is 138 Å². The van der Waals surface area contributed by atoms with Crippen LogP contribution in [0.5, 0.6) is 0 Å². The van der Waals surface area contributed by atoms with Crippen molar-refractivity contribution in [2.24, 2.45) is 0 Å². The highest BCUT2D eigenvalue weighted by atomic mass is 32.2. The molecule has 6 nitrogen and oxygen atoms in total. The molecule has 0 radical (unpaired) electrons. The minimum absolute atomic E-state index is 0.0396. The highest BCUT2D eigenvalue weighted by molar-refractivity contribution is 7.86. The van der Waals surface area contributed by atoms with Crippen LogP contribution in [0.15, 0.2) is 24.3 Å². The summed E-state index contributed by atoms with van der Waals surface area (Å²) < 4.78 is 26.8. The lowest BCUT2D eigenvalue weighted by Crippen LogP contribution is -2.53. The van der Waals surface area contributed by atoms with E-state index < -0.39 is 10.2 Å². The van der Waals surface area contributed by atoms with Gasteiger partial charge in [0, 0.05) is 45.8 Å². The monoisotopic (exact) mass is 339 g/mol. The van der Waals surface area contributed by atoms with Crippen molar-refractivity contribution in [3.05, 3.63) is 35.4 Å². The first-order valence-corrected chi connectivity index (χ1v) is 9.20. The van der Waals surface area contributed by atoms with Crippen molar-refractivity contribution in [2.75, 3.05) is 40.3 Å². The van der Waals surface area contributed by atoms with Crippen LogP contribution in [0, 0.1) is 0 Å². The van der Waals surface area contributed by atoms with E-state index in [1.807, 2.05) is 24.3 Å². The zero-order chi connectivity index (χ0) is 17.2. The summed E-state index contributed by atoms with van der Waals surface area (Å²) in [6, 6.07) is 7.65. The predicted molar refractivity (Wildman–Crippen MR) is 90.6 cm³/mol. The average Bonchev–Trinajstić information content (AvgIpc) is 2.54. The molecule has 0 spiro atoms. The summed E-state index contributed by atoms with van der Waals surface area (Å²) in [5, 5.41) is 0. The molecule has 1 aromatic carbocycles. The van der Waals surface area contributed by atoms with Crippen molar-refractivity contribution in [2.45, 2.75) is 19.8 Å². The first kappa shape index (κ1) is 17.9. The molecule has 1 heterocycles. The first-order valence-electron chi connectivity index (χ1n) is 7.80. The Morgan fingerprint density at radius 1 is 1.04 bits per heavy atom. The van der Waals surface area contributed by atoms with E-state index in [1.165, 1.54) is 28.3 Å². The predicted octanol–water partition coefficient (Wildman–Crippen LogP) is 1.37. The Kier molecular flexibility index (Phi) is 5.44. The topological polar surface area (TPSA) is 60.9 Å². The number of hydrogen-bond acceptors (Lipinski definition) is 3. The van der Waals surface area contributed by atoms with E-state index in [-0.39, 0.29) is 5.91 Å². The van der Waals surface area contributed by atoms with Gasteiger partial charge < -0.3 is 4.90 Å². The standard InChI is InChI=1S/C16H25N3O3S/c1-13(2)14-5-7-15(8-6-14)16(20)18-9-11-19(12-10-18)23(21,22)17(3)4/h5-8,13H,9-12H2,1-4H3. The smallest absolute Gasteiger partial charge is 0.281 e. The maximum atomic E-state index is 12.5. The molecule has 0 atom stereocenters. The van der Waals surface area contributed by atoms with Gasteiger partial charge in [-0.3, -0.25) is 4.79 Å². The molecular formula is C16H25N3O3S. The lowest BCUT2D eigenvalue weighted by molar-refractivity contribution is 0.0695. The Balaban J connectivity index is 2.01. The van der Waals surface area contributed by atoms with Gasteiger partial charge in [-0.2, -0.15) is 17.0 Å². The van der Waals surface area contributed by atoms with Gasteiger partial charge >= 0.3 is 0 Å². The molecule has 7 heteroatoms. The quantitative estimate of drug-likeness (QED) is 0.832. The summed E-state index contributed by atoms with van der Waals surface area (Å²) in [5.41, 5.74) is 1.85. The molecule has 0 aromatic heterocycles. The number of carbonyl (C=O) groups is 1. The largest absolute Gasteiger partial charge is 0.336 e. The third-order valence-electron chi connectivity index (χ3n) is 4.14. The van der Waals surface area contributed by atoms with Crippen LogP contribution in [0.4, 0.5) is 0 Å². The minimum atomic E-state index is -3.40. The molecule has 1 saturated heterocycles. The molecule has 23 heavy (non-hydrogen) atoms. The molecule has 1 aromatic rings. The first-order chi connectivity index (χ1) is 10.7. The number of amides is 1. The summed E-state index contributed by atoms with van der Waals surface area (Å²) >= 11 is 0. The number of benzene rings is 1. The Morgan fingerprint density at radius 2 is 1.57 bits per heavy atom. The summed E-state index contributed by atoms with van der Waals surface area (Å²) in [7, 11) is -0.366. The molecule has 0 unspecified atom stereocenters. The summed E-state index contributed by atoms with van der Waals surface area (Å²) in [4.78, 5) is 14.2. The maximum Gasteiger partial charge on any atom is 0.281 e. The second-order valence-electron chi connectivity index (χ2n) is 6.26. The summed E-state index contributed by atoms with van der Waals surface area (Å²) in [5.74, 6) is 0.390. The van der Waals surface area contributed by atoms with Crippen molar-refractivity contribution < 1.29 is 13.2 Å². The fourth-order valence-corrected chi connectivity index (χ4v) is 3.63. The van der Waals surface area contributed by atoms with E-state index in [2.05, 4.69) is 13.8 Å². The second kappa shape index (κ2) is 6.98. The molecule has 1 amide bonds. The van der Waals surface area contributed by atoms with E-state index in [4.69, 9.17) is 0 Å². The highest BCUT2D eigenvalue weighted by Gasteiger charge is 2.30. The zero-order valence-corrected chi connectivity index (χ0v) is 15.0. The van der Waals surface area contributed by atoms with E-state index in [0.717, 1.165) is 0 Å². The number of rotatable bonds is 4. The Hall–Kier alpha value is -1.44. The lowest BCUT2D eigenvalue weighted by atomic mass is 10.0. The summed E-state index contributed by atoms with van der Waals surface area (Å²) in [6.45, 7) is 5.71. The number of hydrogen-bond donors (Lipinski definition) is 0. The molecule has 0 saturated carbocycles. The SMILES string of the molecule is CC(C)c1ccc(C(=O)N2CCN(S(=O)(=O)N(C)C)CC2)cc1. The van der Waals surface area contributed by atoms with Crippen LogP contribution in [0.3, 0.4) is 0 Å². The number of nitrogens with zero attached hydrogens (tertiary/aromatic N) is 3. The number of carbonyl (C=O) groups excluding carboxylic acids is 1. The fourth-order valence-electron chi connectivity index (χ4n) is 2.55. The van der Waals surface area contributed by atoms with Crippen LogP contribution in [0.1, 0.15) is 35.7 Å². The second-order valence-corrected chi connectivity index (χ2v) is 8.40. The van der Waals surface area contributed by atoms with Crippen molar-refractivity contribution in [1.82, 2.24) is 13.5 Å². The molecule has 0 bridgehead atoms. The van der Waals surface area contributed by atoms with Crippen LogP contribution >= 0.6 is 0 Å². The maximum absolute atomic E-state index is 12.5. The third kappa shape index (κ3) is 3.91. The van der Waals surface area contributed by atoms with Gasteiger partial charge in [-0.25, -0.2) is 0 Å². The van der Waals surface area contributed by atoms with E-state index in [0.29, 0.717) is 37.7 Å². The lowest BCUT2D eigenvalue weighted by Gasteiger charge is -2.35. The van der Waals surface area contributed by atoms with Gasteiger partial charge in [-0.1, -0.05) is 26.0 Å². The number of piperazine rings is 1. The molecule has 1 aliphatic heterocycles. The summed E-state index contributed by atoms with van der Waals surface area (Å²) in [6.07, 6.45) is 0. The van der Waals surface area contributed by atoms with Crippen LogP contribution in [-0.4, -0.2) is 68.1 Å². The van der Waals surface area contributed by atoms with Crippen LogP contribution in [-0.2, 0) is 10.2 Å². The van der Waals surface area contributed by atoms with Crippen LogP contribution in [0.2, 0.25) is 0 Å². The van der Waals surface area contributed by atoms with E-state index >= 15 is 0 Å². The molecule has 128 valence electrons. The van der Waals surface area contributed by atoms with Gasteiger partial charge in [-0.05, 0) is 23.6 Å².